The molecule has 0 radical (unpaired) electrons. The van der Waals surface area contributed by atoms with E-state index in [4.69, 9.17) is 0 Å². The van der Waals surface area contributed by atoms with Crippen molar-refractivity contribution in [2.75, 3.05) is 6.54 Å². The summed E-state index contributed by atoms with van der Waals surface area (Å²) in [6.07, 6.45) is 5.27. The number of likely N-dealkylation sites (N-methyl/N-ethyl adjacent to an activating group) is 1. The zero-order chi connectivity index (χ0) is 13.4. The maximum atomic E-state index is 13.3. The molecule has 3 heteroatoms. The van der Waals surface area contributed by atoms with Crippen molar-refractivity contribution in [2.45, 2.75) is 38.6 Å². The maximum absolute atomic E-state index is 13.3. The molecule has 1 N–H and O–H groups in total. The minimum Gasteiger partial charge on any atom is -0.314 e. The summed E-state index contributed by atoms with van der Waals surface area (Å²) in [7, 11) is 0. The van der Waals surface area contributed by atoms with E-state index in [-0.39, 0.29) is 5.82 Å². The number of nitrogens with one attached hydrogen (secondary N) is 1. The van der Waals surface area contributed by atoms with Crippen LogP contribution in [0.1, 0.15) is 31.7 Å². The highest BCUT2D eigenvalue weighted by molar-refractivity contribution is 9.10. The van der Waals surface area contributed by atoms with Gasteiger partial charge in [0, 0.05) is 6.04 Å². The maximum Gasteiger partial charge on any atom is 0.137 e. The molecule has 0 spiro atoms. The van der Waals surface area contributed by atoms with Crippen molar-refractivity contribution in [1.82, 2.24) is 5.32 Å². The zero-order valence-corrected chi connectivity index (χ0v) is 12.9. The van der Waals surface area contributed by atoms with Gasteiger partial charge in [-0.15, -0.1) is 0 Å². The Morgan fingerprint density at radius 1 is 1.32 bits per heavy atom. The first-order valence-corrected chi connectivity index (χ1v) is 8.14. The second kappa shape index (κ2) is 5.53. The van der Waals surface area contributed by atoms with Crippen molar-refractivity contribution in [3.05, 3.63) is 34.1 Å². The second-order valence-corrected chi connectivity index (χ2v) is 6.96. The van der Waals surface area contributed by atoms with Gasteiger partial charge in [-0.25, -0.2) is 4.39 Å². The van der Waals surface area contributed by atoms with Gasteiger partial charge in [0.1, 0.15) is 5.82 Å². The average Bonchev–Trinajstić information content (AvgIpc) is 3.00. The molecule has 0 amide bonds. The fourth-order valence-corrected chi connectivity index (χ4v) is 4.10. The highest BCUT2D eigenvalue weighted by Crippen LogP contribution is 2.55. The first-order chi connectivity index (χ1) is 9.17. The Bertz CT molecular complexity index is 452. The monoisotopic (exact) mass is 325 g/mol. The van der Waals surface area contributed by atoms with E-state index in [1.807, 2.05) is 12.1 Å². The molecule has 3 atom stereocenters. The number of hydrogen-bond donors (Lipinski definition) is 1. The Labute approximate surface area is 123 Å². The lowest BCUT2D eigenvalue weighted by Gasteiger charge is -2.26. The molecule has 3 unspecified atom stereocenters. The second-order valence-electron chi connectivity index (χ2n) is 6.10. The fraction of sp³-hybridized carbons (Fsp3) is 0.625. The summed E-state index contributed by atoms with van der Waals surface area (Å²) in [6, 6.07) is 5.96. The quantitative estimate of drug-likeness (QED) is 0.857. The van der Waals surface area contributed by atoms with E-state index in [1.165, 1.54) is 24.8 Å². The van der Waals surface area contributed by atoms with Gasteiger partial charge < -0.3 is 5.32 Å². The first-order valence-electron chi connectivity index (χ1n) is 7.34. The van der Waals surface area contributed by atoms with Crippen LogP contribution < -0.4 is 5.32 Å². The lowest BCUT2D eigenvalue weighted by molar-refractivity contribution is 0.337. The highest BCUT2D eigenvalue weighted by Gasteiger charge is 2.47. The van der Waals surface area contributed by atoms with Crippen LogP contribution in [0.3, 0.4) is 0 Å². The molecule has 104 valence electrons. The fourth-order valence-electron chi connectivity index (χ4n) is 3.68. The molecule has 1 aromatic rings. The van der Waals surface area contributed by atoms with Crippen LogP contribution in [0.4, 0.5) is 4.39 Å². The minimum atomic E-state index is -0.175. The standard InChI is InChI=1S/C16H21BrFN/c1-2-19-16(13-8-11-7-12(11)9-13)6-10-3-4-15(18)14(17)5-10/h3-5,11-13,16,19H,2,6-9H2,1H3. The smallest absolute Gasteiger partial charge is 0.137 e. The molecule has 0 heterocycles. The van der Waals surface area contributed by atoms with Crippen molar-refractivity contribution >= 4 is 15.9 Å². The average molecular weight is 326 g/mol. The van der Waals surface area contributed by atoms with Gasteiger partial charge in [0.05, 0.1) is 4.47 Å². The van der Waals surface area contributed by atoms with Crippen LogP contribution in [-0.2, 0) is 6.42 Å². The van der Waals surface area contributed by atoms with Gasteiger partial charge in [-0.1, -0.05) is 13.0 Å². The van der Waals surface area contributed by atoms with Crippen LogP contribution in [0.25, 0.3) is 0 Å². The van der Waals surface area contributed by atoms with Gasteiger partial charge in [-0.05, 0) is 83.6 Å². The summed E-state index contributed by atoms with van der Waals surface area (Å²) >= 11 is 3.28. The number of rotatable bonds is 5. The zero-order valence-electron chi connectivity index (χ0n) is 11.3. The van der Waals surface area contributed by atoms with Crippen LogP contribution in [0.2, 0.25) is 0 Å². The molecular weight excluding hydrogens is 305 g/mol. The molecule has 2 fully saturated rings. The van der Waals surface area contributed by atoms with Crippen LogP contribution in [0.5, 0.6) is 0 Å². The number of benzene rings is 1. The predicted molar refractivity (Wildman–Crippen MR) is 79.6 cm³/mol. The Morgan fingerprint density at radius 3 is 2.68 bits per heavy atom. The van der Waals surface area contributed by atoms with E-state index in [1.54, 1.807) is 6.07 Å². The summed E-state index contributed by atoms with van der Waals surface area (Å²) in [5.41, 5.74) is 1.22. The first kappa shape index (κ1) is 13.6. The van der Waals surface area contributed by atoms with Gasteiger partial charge in [0.25, 0.3) is 0 Å². The van der Waals surface area contributed by atoms with Gasteiger partial charge in [-0.3, -0.25) is 0 Å². The van der Waals surface area contributed by atoms with Crippen LogP contribution in [-0.4, -0.2) is 12.6 Å². The molecule has 2 saturated carbocycles. The Hall–Kier alpha value is -0.410. The Balaban J connectivity index is 1.68. The van der Waals surface area contributed by atoms with Gasteiger partial charge in [-0.2, -0.15) is 0 Å². The number of fused-ring (bicyclic) bond motifs is 1. The lowest BCUT2D eigenvalue weighted by Crippen LogP contribution is -2.37. The summed E-state index contributed by atoms with van der Waals surface area (Å²) in [6.45, 7) is 3.18. The van der Waals surface area contributed by atoms with Crippen LogP contribution in [0.15, 0.2) is 22.7 Å². The SMILES string of the molecule is CCNC(Cc1ccc(F)c(Br)c1)C1CC2CC2C1. The highest BCUT2D eigenvalue weighted by atomic mass is 79.9. The molecular formula is C16H21BrFN. The van der Waals surface area contributed by atoms with E-state index in [0.29, 0.717) is 10.5 Å². The van der Waals surface area contributed by atoms with Crippen molar-refractivity contribution in [2.24, 2.45) is 17.8 Å². The normalized spacial score (nSPS) is 30.2. The van der Waals surface area contributed by atoms with Crippen LogP contribution >= 0.6 is 15.9 Å². The molecule has 2 aliphatic rings. The van der Waals surface area contributed by atoms with E-state index in [0.717, 1.165) is 30.7 Å². The molecule has 19 heavy (non-hydrogen) atoms. The number of halogens is 2. The van der Waals surface area contributed by atoms with Crippen molar-refractivity contribution in [3.8, 4) is 0 Å². The Kier molecular flexibility index (Phi) is 3.95. The third-order valence-electron chi connectivity index (χ3n) is 4.76. The largest absolute Gasteiger partial charge is 0.314 e. The third kappa shape index (κ3) is 3.03. The molecule has 1 aromatic carbocycles. The summed E-state index contributed by atoms with van der Waals surface area (Å²) in [5, 5.41) is 3.64. The Morgan fingerprint density at radius 2 is 2.05 bits per heavy atom. The molecule has 3 rings (SSSR count). The molecule has 0 bridgehead atoms. The van der Waals surface area contributed by atoms with E-state index in [9.17, 15) is 4.39 Å². The van der Waals surface area contributed by atoms with Crippen molar-refractivity contribution in [1.29, 1.82) is 0 Å². The van der Waals surface area contributed by atoms with Gasteiger partial charge >= 0.3 is 0 Å². The van der Waals surface area contributed by atoms with Gasteiger partial charge in [0.15, 0.2) is 0 Å². The van der Waals surface area contributed by atoms with Crippen molar-refractivity contribution in [3.63, 3.8) is 0 Å². The van der Waals surface area contributed by atoms with Crippen molar-refractivity contribution < 1.29 is 4.39 Å². The molecule has 0 aliphatic heterocycles. The molecule has 2 aliphatic carbocycles. The molecule has 0 aromatic heterocycles. The number of hydrogen-bond acceptors (Lipinski definition) is 1. The molecule has 0 saturated heterocycles. The van der Waals surface area contributed by atoms with Crippen LogP contribution in [0, 0.1) is 23.6 Å². The molecule has 1 nitrogen and oxygen atoms in total. The third-order valence-corrected chi connectivity index (χ3v) is 5.36. The summed E-state index contributed by atoms with van der Waals surface area (Å²) in [4.78, 5) is 0. The summed E-state index contributed by atoms with van der Waals surface area (Å²) in [5.74, 6) is 2.68. The lowest BCUT2D eigenvalue weighted by atomic mass is 9.89. The minimum absolute atomic E-state index is 0.175. The summed E-state index contributed by atoms with van der Waals surface area (Å²) < 4.78 is 13.9. The predicted octanol–water partition coefficient (Wildman–Crippen LogP) is 4.15. The van der Waals surface area contributed by atoms with E-state index in [2.05, 4.69) is 28.2 Å². The van der Waals surface area contributed by atoms with E-state index < -0.39 is 0 Å². The topological polar surface area (TPSA) is 12.0 Å². The van der Waals surface area contributed by atoms with E-state index >= 15 is 0 Å². The van der Waals surface area contributed by atoms with Gasteiger partial charge in [0.2, 0.25) is 0 Å².